The highest BCUT2D eigenvalue weighted by molar-refractivity contribution is 6.22. The zero-order valence-corrected chi connectivity index (χ0v) is 25.1. The van der Waals surface area contributed by atoms with Crippen LogP contribution in [0.1, 0.15) is 0 Å². The highest BCUT2D eigenvalue weighted by atomic mass is 16.3. The number of rotatable bonds is 5. The van der Waals surface area contributed by atoms with Crippen LogP contribution in [0.25, 0.3) is 65.7 Å². The average Bonchev–Trinajstić information content (AvgIpc) is 3.50. The first-order chi connectivity index (χ1) is 22.8. The van der Waals surface area contributed by atoms with Crippen LogP contribution in [0.15, 0.2) is 180 Å². The van der Waals surface area contributed by atoms with Crippen LogP contribution in [-0.2, 0) is 0 Å². The lowest BCUT2D eigenvalue weighted by atomic mass is 9.93. The highest BCUT2D eigenvalue weighted by Gasteiger charge is 2.18. The molecule has 0 bridgehead atoms. The lowest BCUT2D eigenvalue weighted by Gasteiger charge is -2.25. The molecule has 9 aromatic rings. The summed E-state index contributed by atoms with van der Waals surface area (Å²) in [6.45, 7) is 0. The molecule has 0 fully saturated rings. The van der Waals surface area contributed by atoms with Gasteiger partial charge in [-0.1, -0.05) is 121 Å². The first-order valence-corrected chi connectivity index (χ1v) is 15.7. The van der Waals surface area contributed by atoms with Crippen LogP contribution >= 0.6 is 0 Å². The molecule has 0 N–H and O–H groups in total. The molecule has 9 rings (SSSR count). The standard InChI is InChI=1S/C44H29NO/c1-3-11-30(12-4-1)32-21-23-36(24-22-32)45(35-15-5-2-6-16-35)37-25-26-40-42(28-37)46-43-29-41(38-17-9-10-18-39(38)44(40)43)34-20-19-31-13-7-8-14-33(31)27-34/h1-29H. The van der Waals surface area contributed by atoms with E-state index in [9.17, 15) is 0 Å². The van der Waals surface area contributed by atoms with E-state index in [-0.39, 0.29) is 0 Å². The minimum Gasteiger partial charge on any atom is -0.456 e. The molecule has 8 aromatic carbocycles. The summed E-state index contributed by atoms with van der Waals surface area (Å²) in [6, 6.07) is 62.6. The second-order valence-corrected chi connectivity index (χ2v) is 11.8. The number of nitrogens with zero attached hydrogens (tertiary/aromatic N) is 1. The fraction of sp³-hybridized carbons (Fsp3) is 0. The van der Waals surface area contributed by atoms with Crippen LogP contribution in [0.2, 0.25) is 0 Å². The van der Waals surface area contributed by atoms with E-state index in [0.29, 0.717) is 0 Å². The molecular weight excluding hydrogens is 558 g/mol. The minimum atomic E-state index is 0.871. The second kappa shape index (κ2) is 10.8. The Morgan fingerprint density at radius 3 is 1.76 bits per heavy atom. The fourth-order valence-electron chi connectivity index (χ4n) is 6.82. The molecular formula is C44H29NO. The van der Waals surface area contributed by atoms with Crippen LogP contribution < -0.4 is 4.90 Å². The zero-order valence-electron chi connectivity index (χ0n) is 25.1. The van der Waals surface area contributed by atoms with E-state index < -0.39 is 0 Å². The maximum atomic E-state index is 6.72. The number of para-hydroxylation sites is 1. The largest absolute Gasteiger partial charge is 0.456 e. The van der Waals surface area contributed by atoms with Crippen molar-refractivity contribution in [3.63, 3.8) is 0 Å². The second-order valence-electron chi connectivity index (χ2n) is 11.8. The van der Waals surface area contributed by atoms with Gasteiger partial charge in [-0.25, -0.2) is 0 Å². The number of furan rings is 1. The molecule has 0 spiro atoms. The van der Waals surface area contributed by atoms with E-state index in [1.54, 1.807) is 0 Å². The van der Waals surface area contributed by atoms with Crippen LogP contribution in [0.3, 0.4) is 0 Å². The molecule has 0 saturated heterocycles. The number of benzene rings is 8. The highest BCUT2D eigenvalue weighted by Crippen LogP contribution is 2.43. The minimum absolute atomic E-state index is 0.871. The number of hydrogen-bond donors (Lipinski definition) is 0. The third kappa shape index (κ3) is 4.43. The number of fused-ring (bicyclic) bond motifs is 6. The Morgan fingerprint density at radius 1 is 0.348 bits per heavy atom. The van der Waals surface area contributed by atoms with Gasteiger partial charge in [0.05, 0.1) is 0 Å². The predicted octanol–water partition coefficient (Wildman–Crippen LogP) is 12.7. The monoisotopic (exact) mass is 587 g/mol. The summed E-state index contributed by atoms with van der Waals surface area (Å²) in [4.78, 5) is 2.29. The molecule has 0 aliphatic carbocycles. The van der Waals surface area contributed by atoms with Gasteiger partial charge >= 0.3 is 0 Å². The molecule has 0 amide bonds. The van der Waals surface area contributed by atoms with Gasteiger partial charge in [-0.3, -0.25) is 0 Å². The summed E-state index contributed by atoms with van der Waals surface area (Å²) in [7, 11) is 0. The molecule has 2 heteroatoms. The Morgan fingerprint density at radius 2 is 0.957 bits per heavy atom. The van der Waals surface area contributed by atoms with Gasteiger partial charge in [0.1, 0.15) is 11.2 Å². The predicted molar refractivity (Wildman–Crippen MR) is 194 cm³/mol. The van der Waals surface area contributed by atoms with Crippen molar-refractivity contribution in [2.45, 2.75) is 0 Å². The van der Waals surface area contributed by atoms with E-state index >= 15 is 0 Å². The van der Waals surface area contributed by atoms with Crippen molar-refractivity contribution in [3.8, 4) is 22.3 Å². The topological polar surface area (TPSA) is 16.4 Å². The molecule has 0 aliphatic heterocycles. The zero-order chi connectivity index (χ0) is 30.5. The Hall–Kier alpha value is -6.12. The van der Waals surface area contributed by atoms with Crippen molar-refractivity contribution in [1.82, 2.24) is 0 Å². The van der Waals surface area contributed by atoms with Crippen molar-refractivity contribution in [2.75, 3.05) is 4.90 Å². The first-order valence-electron chi connectivity index (χ1n) is 15.7. The molecule has 1 heterocycles. The van der Waals surface area contributed by atoms with E-state index in [1.165, 1.54) is 43.8 Å². The SMILES string of the molecule is c1ccc(-c2ccc(N(c3ccccc3)c3ccc4c(c3)oc3cc(-c5ccc6ccccc6c5)c5ccccc5c34)cc2)cc1. The van der Waals surface area contributed by atoms with Gasteiger partial charge in [0.15, 0.2) is 0 Å². The van der Waals surface area contributed by atoms with Crippen molar-refractivity contribution < 1.29 is 4.42 Å². The Kier molecular flexibility index (Phi) is 6.17. The summed E-state index contributed by atoms with van der Waals surface area (Å²) in [5.74, 6) is 0. The van der Waals surface area contributed by atoms with E-state index in [2.05, 4.69) is 181 Å². The summed E-state index contributed by atoms with van der Waals surface area (Å²) < 4.78 is 6.72. The molecule has 0 aliphatic rings. The maximum Gasteiger partial charge on any atom is 0.137 e. The van der Waals surface area contributed by atoms with Gasteiger partial charge in [-0.05, 0) is 92.3 Å². The number of hydrogen-bond acceptors (Lipinski definition) is 2. The Labute approximate surface area is 267 Å². The number of anilines is 3. The molecule has 1 aromatic heterocycles. The van der Waals surface area contributed by atoms with E-state index in [1.807, 2.05) is 0 Å². The van der Waals surface area contributed by atoms with Gasteiger partial charge in [-0.15, -0.1) is 0 Å². The molecule has 0 unspecified atom stereocenters. The molecule has 216 valence electrons. The van der Waals surface area contributed by atoms with E-state index in [4.69, 9.17) is 4.42 Å². The lowest BCUT2D eigenvalue weighted by Crippen LogP contribution is -2.09. The molecule has 46 heavy (non-hydrogen) atoms. The molecule has 2 nitrogen and oxygen atoms in total. The van der Waals surface area contributed by atoms with Crippen LogP contribution in [0.5, 0.6) is 0 Å². The average molecular weight is 588 g/mol. The summed E-state index contributed by atoms with van der Waals surface area (Å²) in [5, 5.41) is 7.17. The van der Waals surface area contributed by atoms with Crippen LogP contribution in [-0.4, -0.2) is 0 Å². The van der Waals surface area contributed by atoms with Gasteiger partial charge in [0, 0.05) is 33.9 Å². The maximum absolute atomic E-state index is 6.72. The fourth-order valence-corrected chi connectivity index (χ4v) is 6.82. The van der Waals surface area contributed by atoms with Gasteiger partial charge in [-0.2, -0.15) is 0 Å². The summed E-state index contributed by atoms with van der Waals surface area (Å²) in [6.07, 6.45) is 0. The molecule has 0 atom stereocenters. The van der Waals surface area contributed by atoms with Crippen molar-refractivity contribution in [3.05, 3.63) is 176 Å². The normalized spacial score (nSPS) is 11.5. The smallest absolute Gasteiger partial charge is 0.137 e. The molecule has 0 radical (unpaired) electrons. The first kappa shape index (κ1) is 26.3. The van der Waals surface area contributed by atoms with Crippen LogP contribution in [0.4, 0.5) is 17.1 Å². The van der Waals surface area contributed by atoms with E-state index in [0.717, 1.165) is 39.0 Å². The quantitative estimate of drug-likeness (QED) is 0.199. The van der Waals surface area contributed by atoms with Gasteiger partial charge in [0.2, 0.25) is 0 Å². The summed E-state index contributed by atoms with van der Waals surface area (Å²) >= 11 is 0. The lowest BCUT2D eigenvalue weighted by molar-refractivity contribution is 0.669. The van der Waals surface area contributed by atoms with Crippen molar-refractivity contribution >= 4 is 60.5 Å². The summed E-state index contributed by atoms with van der Waals surface area (Å²) in [5.41, 5.74) is 9.76. The Balaban J connectivity index is 1.20. The van der Waals surface area contributed by atoms with Crippen molar-refractivity contribution in [2.24, 2.45) is 0 Å². The third-order valence-electron chi connectivity index (χ3n) is 9.03. The van der Waals surface area contributed by atoms with Gasteiger partial charge < -0.3 is 9.32 Å². The van der Waals surface area contributed by atoms with Gasteiger partial charge in [0.25, 0.3) is 0 Å². The molecule has 0 saturated carbocycles. The Bertz CT molecular complexity index is 2510. The third-order valence-corrected chi connectivity index (χ3v) is 9.03. The van der Waals surface area contributed by atoms with Crippen LogP contribution in [0, 0.1) is 0 Å². The van der Waals surface area contributed by atoms with Crippen molar-refractivity contribution in [1.29, 1.82) is 0 Å².